The van der Waals surface area contributed by atoms with Crippen LogP contribution < -0.4 is 5.32 Å². The van der Waals surface area contributed by atoms with Gasteiger partial charge >= 0.3 is 0 Å². The van der Waals surface area contributed by atoms with Gasteiger partial charge in [-0.1, -0.05) is 13.3 Å². The predicted octanol–water partition coefficient (Wildman–Crippen LogP) is 1.48. The Kier molecular flexibility index (Phi) is 3.29. The van der Waals surface area contributed by atoms with Crippen molar-refractivity contribution >= 4 is 0 Å². The Labute approximate surface area is 113 Å². The Hall–Kier alpha value is -1.75. The standard InChI is InChI=1S/C14H19N5/c1-3-4-12-11-5-6-15-8-13(11)18-14(17-12)10-7-16-19(2)9-10/h7,9,15H,3-6,8H2,1-2H3. The minimum atomic E-state index is 0.805. The second-order valence-corrected chi connectivity index (χ2v) is 5.00. The zero-order valence-corrected chi connectivity index (χ0v) is 11.5. The topological polar surface area (TPSA) is 55.6 Å². The minimum Gasteiger partial charge on any atom is -0.311 e. The summed E-state index contributed by atoms with van der Waals surface area (Å²) in [7, 11) is 1.91. The summed E-state index contributed by atoms with van der Waals surface area (Å²) in [5.41, 5.74) is 4.72. The van der Waals surface area contributed by atoms with Crippen molar-refractivity contribution in [1.29, 1.82) is 0 Å². The summed E-state index contributed by atoms with van der Waals surface area (Å²) in [5.74, 6) is 0.805. The van der Waals surface area contributed by atoms with Crippen LogP contribution in [0.3, 0.4) is 0 Å². The third-order valence-electron chi connectivity index (χ3n) is 3.47. The van der Waals surface area contributed by atoms with Gasteiger partial charge < -0.3 is 5.32 Å². The normalized spacial score (nSPS) is 14.4. The summed E-state index contributed by atoms with van der Waals surface area (Å²) in [4.78, 5) is 9.48. The number of rotatable bonds is 3. The first-order chi connectivity index (χ1) is 9.28. The molecule has 1 N–H and O–H groups in total. The van der Waals surface area contributed by atoms with Gasteiger partial charge in [0.05, 0.1) is 17.5 Å². The highest BCUT2D eigenvalue weighted by atomic mass is 15.2. The zero-order valence-electron chi connectivity index (χ0n) is 11.5. The highest BCUT2D eigenvalue weighted by Gasteiger charge is 2.18. The van der Waals surface area contributed by atoms with E-state index in [1.165, 1.54) is 11.3 Å². The lowest BCUT2D eigenvalue weighted by molar-refractivity contribution is 0.614. The van der Waals surface area contributed by atoms with Gasteiger partial charge in [-0.2, -0.15) is 5.10 Å². The summed E-state index contributed by atoms with van der Waals surface area (Å²) < 4.78 is 1.79. The second-order valence-electron chi connectivity index (χ2n) is 5.00. The molecular formula is C14H19N5. The van der Waals surface area contributed by atoms with Crippen molar-refractivity contribution in [3.8, 4) is 11.4 Å². The highest BCUT2D eigenvalue weighted by Crippen LogP contribution is 2.22. The predicted molar refractivity (Wildman–Crippen MR) is 73.6 cm³/mol. The Morgan fingerprint density at radius 1 is 1.37 bits per heavy atom. The van der Waals surface area contributed by atoms with Gasteiger partial charge in [0.2, 0.25) is 0 Å². The molecule has 0 atom stereocenters. The number of fused-ring (bicyclic) bond motifs is 1. The minimum absolute atomic E-state index is 0.805. The molecule has 19 heavy (non-hydrogen) atoms. The van der Waals surface area contributed by atoms with E-state index in [1.54, 1.807) is 4.68 Å². The van der Waals surface area contributed by atoms with Gasteiger partial charge in [-0.05, 0) is 24.9 Å². The van der Waals surface area contributed by atoms with Gasteiger partial charge in [0.15, 0.2) is 5.82 Å². The Bertz CT molecular complexity index is 588. The van der Waals surface area contributed by atoms with Crippen molar-refractivity contribution in [2.45, 2.75) is 32.7 Å². The summed E-state index contributed by atoms with van der Waals surface area (Å²) in [6.45, 7) is 4.07. The lowest BCUT2D eigenvalue weighted by atomic mass is 10.0. The molecule has 3 heterocycles. The van der Waals surface area contributed by atoms with Crippen LogP contribution in [-0.4, -0.2) is 26.3 Å². The van der Waals surface area contributed by atoms with E-state index in [0.717, 1.165) is 49.4 Å². The van der Waals surface area contributed by atoms with E-state index in [4.69, 9.17) is 9.97 Å². The second kappa shape index (κ2) is 5.09. The number of hydrogen-bond donors (Lipinski definition) is 1. The van der Waals surface area contributed by atoms with Crippen LogP contribution in [0.1, 0.15) is 30.3 Å². The molecule has 0 bridgehead atoms. The van der Waals surface area contributed by atoms with Gasteiger partial charge in [-0.25, -0.2) is 9.97 Å². The lowest BCUT2D eigenvalue weighted by Gasteiger charge is -2.19. The Morgan fingerprint density at radius 2 is 2.26 bits per heavy atom. The van der Waals surface area contributed by atoms with Crippen molar-refractivity contribution in [3.63, 3.8) is 0 Å². The maximum absolute atomic E-state index is 4.77. The van der Waals surface area contributed by atoms with E-state index in [2.05, 4.69) is 17.3 Å². The van der Waals surface area contributed by atoms with Gasteiger partial charge in [0, 0.05) is 25.5 Å². The number of nitrogens with one attached hydrogen (secondary N) is 1. The molecule has 5 heteroatoms. The van der Waals surface area contributed by atoms with E-state index in [-0.39, 0.29) is 0 Å². The molecule has 2 aromatic heterocycles. The smallest absolute Gasteiger partial charge is 0.162 e. The molecule has 5 nitrogen and oxygen atoms in total. The van der Waals surface area contributed by atoms with E-state index in [0.29, 0.717) is 0 Å². The fourth-order valence-electron chi connectivity index (χ4n) is 2.55. The Balaban J connectivity index is 2.08. The fourth-order valence-corrected chi connectivity index (χ4v) is 2.55. The first-order valence-corrected chi connectivity index (χ1v) is 6.86. The largest absolute Gasteiger partial charge is 0.311 e. The van der Waals surface area contributed by atoms with E-state index in [9.17, 15) is 0 Å². The molecule has 1 aliphatic heterocycles. The maximum atomic E-state index is 4.77. The van der Waals surface area contributed by atoms with E-state index in [1.807, 2.05) is 19.4 Å². The van der Waals surface area contributed by atoms with Crippen molar-refractivity contribution in [2.75, 3.05) is 6.54 Å². The van der Waals surface area contributed by atoms with Gasteiger partial charge in [0.1, 0.15) is 0 Å². The van der Waals surface area contributed by atoms with Crippen LogP contribution in [0.4, 0.5) is 0 Å². The summed E-state index contributed by atoms with van der Waals surface area (Å²) >= 11 is 0. The molecule has 0 spiro atoms. The van der Waals surface area contributed by atoms with Crippen LogP contribution in [0.2, 0.25) is 0 Å². The van der Waals surface area contributed by atoms with Crippen molar-refractivity contribution in [2.24, 2.45) is 7.05 Å². The highest BCUT2D eigenvalue weighted by molar-refractivity contribution is 5.53. The van der Waals surface area contributed by atoms with Crippen molar-refractivity contribution in [3.05, 3.63) is 29.3 Å². The molecule has 100 valence electrons. The molecule has 0 aliphatic carbocycles. The van der Waals surface area contributed by atoms with Crippen LogP contribution in [-0.2, 0) is 26.4 Å². The molecular weight excluding hydrogens is 238 g/mol. The van der Waals surface area contributed by atoms with Crippen LogP contribution in [0, 0.1) is 0 Å². The van der Waals surface area contributed by atoms with Crippen molar-refractivity contribution < 1.29 is 0 Å². The number of aromatic nitrogens is 4. The third kappa shape index (κ3) is 2.38. The summed E-state index contributed by atoms with van der Waals surface area (Å²) in [5, 5.41) is 7.58. The monoisotopic (exact) mass is 257 g/mol. The summed E-state index contributed by atoms with van der Waals surface area (Å²) in [6, 6.07) is 0. The third-order valence-corrected chi connectivity index (χ3v) is 3.47. The zero-order chi connectivity index (χ0) is 13.2. The maximum Gasteiger partial charge on any atom is 0.162 e. The van der Waals surface area contributed by atoms with Crippen molar-refractivity contribution in [1.82, 2.24) is 25.1 Å². The first-order valence-electron chi connectivity index (χ1n) is 6.86. The first kappa shape index (κ1) is 12.3. The SMILES string of the molecule is CCCc1nc(-c2cnn(C)c2)nc2c1CCNC2. The van der Waals surface area contributed by atoms with E-state index >= 15 is 0 Å². The van der Waals surface area contributed by atoms with E-state index < -0.39 is 0 Å². The molecule has 2 aromatic rings. The molecule has 0 unspecified atom stereocenters. The van der Waals surface area contributed by atoms with Crippen LogP contribution in [0.5, 0.6) is 0 Å². The molecule has 0 amide bonds. The van der Waals surface area contributed by atoms with Gasteiger partial charge in [-0.3, -0.25) is 4.68 Å². The van der Waals surface area contributed by atoms with Gasteiger partial charge in [-0.15, -0.1) is 0 Å². The average Bonchev–Trinajstić information content (AvgIpc) is 2.86. The molecule has 3 rings (SSSR count). The lowest BCUT2D eigenvalue weighted by Crippen LogP contribution is -2.26. The Morgan fingerprint density at radius 3 is 3.00 bits per heavy atom. The number of aryl methyl sites for hydroxylation is 2. The molecule has 0 aromatic carbocycles. The molecule has 0 saturated heterocycles. The quantitative estimate of drug-likeness (QED) is 0.905. The molecule has 1 aliphatic rings. The molecule has 0 fully saturated rings. The summed E-state index contributed by atoms with van der Waals surface area (Å²) in [6.07, 6.45) is 6.97. The van der Waals surface area contributed by atoms with Crippen LogP contribution in [0.25, 0.3) is 11.4 Å². The average molecular weight is 257 g/mol. The fraction of sp³-hybridized carbons (Fsp3) is 0.500. The van der Waals surface area contributed by atoms with Gasteiger partial charge in [0.25, 0.3) is 0 Å². The number of nitrogens with zero attached hydrogens (tertiary/aromatic N) is 4. The molecule has 0 radical (unpaired) electrons. The molecule has 0 saturated carbocycles. The number of hydrogen-bond acceptors (Lipinski definition) is 4. The van der Waals surface area contributed by atoms with Crippen LogP contribution in [0.15, 0.2) is 12.4 Å². The van der Waals surface area contributed by atoms with Crippen LogP contribution >= 0.6 is 0 Å².